The molecule has 0 unspecified atom stereocenters. The van der Waals surface area contributed by atoms with Crippen molar-refractivity contribution in [1.29, 1.82) is 0 Å². The van der Waals surface area contributed by atoms with Crippen LogP contribution in [0.3, 0.4) is 0 Å². The number of nitrogens with two attached hydrogens (primary N) is 1. The van der Waals surface area contributed by atoms with E-state index < -0.39 is 29.8 Å². The number of likely N-dealkylation sites (N-methyl/N-ethyl adjacent to an activating group) is 1. The van der Waals surface area contributed by atoms with Crippen LogP contribution >= 0.6 is 0 Å². The van der Waals surface area contributed by atoms with Gasteiger partial charge in [-0.1, -0.05) is 0 Å². The molecular formula is C10H16N4O4. The number of imide groups is 1. The smallest absolute Gasteiger partial charge is 0.325 e. The number of amides is 5. The van der Waals surface area contributed by atoms with Gasteiger partial charge in [0.25, 0.3) is 0 Å². The Morgan fingerprint density at radius 1 is 1.33 bits per heavy atom. The van der Waals surface area contributed by atoms with Crippen LogP contribution in [0, 0.1) is 0 Å². The van der Waals surface area contributed by atoms with Crippen LogP contribution in [-0.2, 0) is 14.4 Å². The van der Waals surface area contributed by atoms with Crippen molar-refractivity contribution in [3.05, 3.63) is 0 Å². The van der Waals surface area contributed by atoms with Crippen LogP contribution in [0.2, 0.25) is 0 Å². The maximum atomic E-state index is 11.7. The topological polar surface area (TPSA) is 113 Å². The summed E-state index contributed by atoms with van der Waals surface area (Å²) in [7, 11) is 0. The lowest BCUT2D eigenvalue weighted by atomic mass is 10.3. The fraction of sp³-hybridized carbons (Fsp3) is 0.600. The molecule has 0 aliphatic carbocycles. The van der Waals surface area contributed by atoms with Crippen molar-refractivity contribution in [3.63, 3.8) is 0 Å². The van der Waals surface area contributed by atoms with Gasteiger partial charge in [0, 0.05) is 19.6 Å². The summed E-state index contributed by atoms with van der Waals surface area (Å²) < 4.78 is 0. The highest BCUT2D eigenvalue weighted by Crippen LogP contribution is 2.05. The Kier molecular flexibility index (Phi) is 4.24. The Hall–Kier alpha value is -2.12. The van der Waals surface area contributed by atoms with Gasteiger partial charge in [0.2, 0.25) is 5.91 Å². The third-order valence-corrected chi connectivity index (χ3v) is 2.70. The van der Waals surface area contributed by atoms with Crippen molar-refractivity contribution >= 4 is 23.8 Å². The molecule has 1 aliphatic heterocycles. The Morgan fingerprint density at radius 3 is 2.44 bits per heavy atom. The van der Waals surface area contributed by atoms with Crippen LogP contribution in [-0.4, -0.2) is 59.2 Å². The fourth-order valence-corrected chi connectivity index (χ4v) is 1.50. The Balaban J connectivity index is 2.68. The molecule has 1 fully saturated rings. The minimum absolute atomic E-state index is 0.107. The van der Waals surface area contributed by atoms with Crippen LogP contribution in [0.1, 0.15) is 13.8 Å². The molecule has 0 saturated carbocycles. The van der Waals surface area contributed by atoms with E-state index in [9.17, 15) is 19.2 Å². The van der Waals surface area contributed by atoms with Gasteiger partial charge in [0.1, 0.15) is 6.04 Å². The maximum absolute atomic E-state index is 11.7. The van der Waals surface area contributed by atoms with Crippen molar-refractivity contribution in [1.82, 2.24) is 15.1 Å². The average molecular weight is 256 g/mol. The van der Waals surface area contributed by atoms with Gasteiger partial charge in [0.05, 0.1) is 0 Å². The van der Waals surface area contributed by atoms with Crippen LogP contribution in [0.15, 0.2) is 0 Å². The van der Waals surface area contributed by atoms with E-state index in [4.69, 9.17) is 5.73 Å². The molecule has 1 atom stereocenters. The van der Waals surface area contributed by atoms with E-state index in [1.54, 1.807) is 6.92 Å². The van der Waals surface area contributed by atoms with Crippen LogP contribution in [0.5, 0.6) is 0 Å². The van der Waals surface area contributed by atoms with E-state index in [2.05, 4.69) is 5.32 Å². The SMILES string of the molecule is CCN1CCN(C(=O)N[C@H](C)C(N)=O)C(=O)C1=O. The first-order valence-corrected chi connectivity index (χ1v) is 5.59. The number of hydrogen-bond acceptors (Lipinski definition) is 4. The second-order valence-corrected chi connectivity index (χ2v) is 3.92. The molecule has 18 heavy (non-hydrogen) atoms. The average Bonchev–Trinajstić information content (AvgIpc) is 2.32. The highest BCUT2D eigenvalue weighted by Gasteiger charge is 2.35. The molecule has 0 spiro atoms. The van der Waals surface area contributed by atoms with Crippen molar-refractivity contribution in [2.24, 2.45) is 5.73 Å². The van der Waals surface area contributed by atoms with Crippen LogP contribution in [0.4, 0.5) is 4.79 Å². The lowest BCUT2D eigenvalue weighted by molar-refractivity contribution is -0.153. The number of nitrogens with zero attached hydrogens (tertiary/aromatic N) is 2. The molecule has 0 aromatic carbocycles. The fourth-order valence-electron chi connectivity index (χ4n) is 1.50. The number of carbonyl (C=O) groups is 4. The summed E-state index contributed by atoms with van der Waals surface area (Å²) in [5.74, 6) is -2.32. The molecule has 5 amide bonds. The molecule has 1 heterocycles. The van der Waals surface area contributed by atoms with Gasteiger partial charge in [-0.25, -0.2) is 4.79 Å². The highest BCUT2D eigenvalue weighted by molar-refractivity contribution is 6.38. The second-order valence-electron chi connectivity index (χ2n) is 3.92. The Bertz CT molecular complexity index is 395. The van der Waals surface area contributed by atoms with E-state index >= 15 is 0 Å². The summed E-state index contributed by atoms with van der Waals surface area (Å²) in [5, 5.41) is 2.25. The molecule has 8 nitrogen and oxygen atoms in total. The first kappa shape index (κ1) is 13.9. The third-order valence-electron chi connectivity index (χ3n) is 2.70. The number of piperazine rings is 1. The maximum Gasteiger partial charge on any atom is 0.325 e. The Morgan fingerprint density at radius 2 is 1.94 bits per heavy atom. The standard InChI is InChI=1S/C10H16N4O4/c1-3-13-4-5-14(9(17)8(13)16)10(18)12-6(2)7(11)15/h6H,3-5H2,1-2H3,(H2,11,15)(H,12,18)/t6-/m1/s1. The summed E-state index contributed by atoms with van der Waals surface area (Å²) in [6.45, 7) is 3.96. The predicted molar refractivity (Wildman–Crippen MR) is 61.2 cm³/mol. The van der Waals surface area contributed by atoms with Crippen LogP contribution in [0.25, 0.3) is 0 Å². The summed E-state index contributed by atoms with van der Waals surface area (Å²) in [6, 6.07) is -1.68. The van der Waals surface area contributed by atoms with Gasteiger partial charge < -0.3 is 16.0 Å². The lowest BCUT2D eigenvalue weighted by Gasteiger charge is -2.32. The molecule has 100 valence electrons. The van der Waals surface area contributed by atoms with Gasteiger partial charge in [-0.05, 0) is 13.8 Å². The summed E-state index contributed by atoms with van der Waals surface area (Å²) in [6.07, 6.45) is 0. The zero-order valence-corrected chi connectivity index (χ0v) is 10.3. The van der Waals surface area contributed by atoms with Gasteiger partial charge in [-0.2, -0.15) is 0 Å². The zero-order chi connectivity index (χ0) is 13.9. The number of hydrogen-bond donors (Lipinski definition) is 2. The minimum Gasteiger partial charge on any atom is -0.368 e. The van der Waals surface area contributed by atoms with Gasteiger partial charge in [0.15, 0.2) is 0 Å². The van der Waals surface area contributed by atoms with Crippen molar-refractivity contribution in [2.75, 3.05) is 19.6 Å². The largest absolute Gasteiger partial charge is 0.368 e. The quantitative estimate of drug-likeness (QED) is 0.583. The predicted octanol–water partition coefficient (Wildman–Crippen LogP) is -1.74. The first-order chi connectivity index (χ1) is 8.38. The normalized spacial score (nSPS) is 17.7. The van der Waals surface area contributed by atoms with E-state index in [1.807, 2.05) is 0 Å². The highest BCUT2D eigenvalue weighted by atomic mass is 16.2. The second kappa shape index (κ2) is 5.48. The van der Waals surface area contributed by atoms with Crippen LogP contribution < -0.4 is 11.1 Å². The van der Waals surface area contributed by atoms with E-state index in [0.29, 0.717) is 13.1 Å². The van der Waals surface area contributed by atoms with Gasteiger partial charge in [-0.3, -0.25) is 19.3 Å². The summed E-state index contributed by atoms with van der Waals surface area (Å²) >= 11 is 0. The van der Waals surface area contributed by atoms with E-state index in [-0.39, 0.29) is 6.54 Å². The number of urea groups is 1. The molecular weight excluding hydrogens is 240 g/mol. The molecule has 0 radical (unpaired) electrons. The summed E-state index contributed by atoms with van der Waals surface area (Å²) in [5.41, 5.74) is 4.99. The molecule has 0 aromatic heterocycles. The molecule has 1 rings (SSSR count). The number of rotatable bonds is 3. The Labute approximate surface area is 104 Å². The molecule has 1 saturated heterocycles. The minimum atomic E-state index is -0.899. The lowest BCUT2D eigenvalue weighted by Crippen LogP contribution is -2.59. The first-order valence-electron chi connectivity index (χ1n) is 5.59. The number of carbonyl (C=O) groups excluding carboxylic acids is 4. The molecule has 0 bridgehead atoms. The number of primary amides is 1. The van der Waals surface area contributed by atoms with Crippen molar-refractivity contribution in [3.8, 4) is 0 Å². The van der Waals surface area contributed by atoms with Gasteiger partial charge in [-0.15, -0.1) is 0 Å². The van der Waals surface area contributed by atoms with Gasteiger partial charge >= 0.3 is 17.8 Å². The molecule has 3 N–H and O–H groups in total. The van der Waals surface area contributed by atoms with E-state index in [0.717, 1.165) is 4.90 Å². The van der Waals surface area contributed by atoms with Crippen molar-refractivity contribution < 1.29 is 19.2 Å². The number of nitrogens with one attached hydrogen (secondary N) is 1. The molecule has 1 aliphatic rings. The zero-order valence-electron chi connectivity index (χ0n) is 10.3. The monoisotopic (exact) mass is 256 g/mol. The molecule has 8 heteroatoms. The third kappa shape index (κ3) is 2.76. The summed E-state index contributed by atoms with van der Waals surface area (Å²) in [4.78, 5) is 47.8. The van der Waals surface area contributed by atoms with Crippen molar-refractivity contribution in [2.45, 2.75) is 19.9 Å². The van der Waals surface area contributed by atoms with E-state index in [1.165, 1.54) is 11.8 Å². The molecule has 0 aromatic rings.